The number of ketones is 1. The lowest BCUT2D eigenvalue weighted by Crippen LogP contribution is -2.46. The summed E-state index contributed by atoms with van der Waals surface area (Å²) in [6, 6.07) is 3.98. The second-order valence-corrected chi connectivity index (χ2v) is 7.01. The van der Waals surface area contributed by atoms with Gasteiger partial charge < -0.3 is 9.14 Å². The van der Waals surface area contributed by atoms with Gasteiger partial charge >= 0.3 is 0 Å². The zero-order chi connectivity index (χ0) is 15.1. The molecular weight excluding hydrogens is 346 g/mol. The van der Waals surface area contributed by atoms with Crippen LogP contribution in [0.1, 0.15) is 18.5 Å². The fourth-order valence-corrected chi connectivity index (χ4v) is 3.34. The number of rotatable bonds is 4. The smallest absolute Gasteiger partial charge is 0.165 e. The van der Waals surface area contributed by atoms with Crippen LogP contribution in [-0.2, 0) is 16.1 Å². The van der Waals surface area contributed by atoms with E-state index in [0.29, 0.717) is 18.9 Å². The molecule has 5 nitrogen and oxygen atoms in total. The number of halogens is 1. The number of carbonyl (C=O) groups is 1. The molecule has 0 N–H and O–H groups in total. The molecule has 4 rings (SSSR count). The van der Waals surface area contributed by atoms with E-state index in [1.54, 1.807) is 0 Å². The first-order valence-corrected chi connectivity index (χ1v) is 8.49. The Bertz CT molecular complexity index is 710. The van der Waals surface area contributed by atoms with Gasteiger partial charge in [-0.15, -0.1) is 0 Å². The number of pyridine rings is 1. The van der Waals surface area contributed by atoms with Crippen molar-refractivity contribution in [3.8, 4) is 0 Å². The Morgan fingerprint density at radius 3 is 3.09 bits per heavy atom. The summed E-state index contributed by atoms with van der Waals surface area (Å²) in [5.41, 5.74) is 2.08. The van der Waals surface area contributed by atoms with E-state index in [1.807, 2.05) is 24.5 Å². The number of morpholine rings is 1. The molecule has 1 atom stereocenters. The van der Waals surface area contributed by atoms with E-state index in [-0.39, 0.29) is 12.0 Å². The van der Waals surface area contributed by atoms with Gasteiger partial charge in [0, 0.05) is 36.2 Å². The third kappa shape index (κ3) is 2.83. The molecule has 1 aliphatic carbocycles. The third-order valence-electron chi connectivity index (χ3n) is 4.38. The molecule has 0 aromatic carbocycles. The van der Waals surface area contributed by atoms with Gasteiger partial charge in [0.05, 0.1) is 18.5 Å². The Balaban J connectivity index is 1.49. The molecule has 22 heavy (non-hydrogen) atoms. The van der Waals surface area contributed by atoms with Crippen molar-refractivity contribution >= 4 is 27.4 Å². The zero-order valence-electron chi connectivity index (χ0n) is 12.2. The molecular formula is C16H18BrN3O2. The fourth-order valence-electron chi connectivity index (χ4n) is 3.00. The summed E-state index contributed by atoms with van der Waals surface area (Å²) in [7, 11) is 0. The summed E-state index contributed by atoms with van der Waals surface area (Å²) in [5, 5.41) is 0. The summed E-state index contributed by atoms with van der Waals surface area (Å²) in [6.45, 7) is 2.96. The molecule has 2 aromatic heterocycles. The average molecular weight is 364 g/mol. The van der Waals surface area contributed by atoms with Gasteiger partial charge in [0.2, 0.25) is 0 Å². The highest BCUT2D eigenvalue weighted by molar-refractivity contribution is 9.10. The van der Waals surface area contributed by atoms with Gasteiger partial charge in [-0.05, 0) is 40.9 Å². The van der Waals surface area contributed by atoms with E-state index in [9.17, 15) is 4.79 Å². The summed E-state index contributed by atoms with van der Waals surface area (Å²) < 4.78 is 8.80. The molecule has 2 aliphatic rings. The van der Waals surface area contributed by atoms with Crippen molar-refractivity contribution in [1.29, 1.82) is 0 Å². The maximum atomic E-state index is 12.2. The lowest BCUT2D eigenvalue weighted by atomic mass is 10.1. The van der Waals surface area contributed by atoms with Crippen molar-refractivity contribution in [1.82, 2.24) is 14.3 Å². The molecule has 0 spiro atoms. The Morgan fingerprint density at radius 2 is 2.27 bits per heavy atom. The normalized spacial score (nSPS) is 23.0. The number of aromatic nitrogens is 2. The van der Waals surface area contributed by atoms with Crippen LogP contribution < -0.4 is 0 Å². The van der Waals surface area contributed by atoms with Gasteiger partial charge in [-0.3, -0.25) is 9.69 Å². The van der Waals surface area contributed by atoms with Crippen molar-refractivity contribution in [2.75, 3.05) is 19.7 Å². The Labute approximate surface area is 137 Å². The Kier molecular flexibility index (Phi) is 3.76. The number of imidazole rings is 1. The van der Waals surface area contributed by atoms with Crippen LogP contribution in [0.4, 0.5) is 0 Å². The highest BCUT2D eigenvalue weighted by atomic mass is 79.9. The standard InChI is InChI=1S/C16H18BrN3O2/c17-12-3-4-15-18-7-13(20(15)8-12)9-19-5-6-22-14(10-19)16(21)11-1-2-11/h3-4,7-8,11,14H,1-2,5-6,9-10H2. The summed E-state index contributed by atoms with van der Waals surface area (Å²) in [6.07, 6.45) is 5.78. The van der Waals surface area contributed by atoms with Crippen LogP contribution in [-0.4, -0.2) is 45.9 Å². The maximum absolute atomic E-state index is 12.2. The van der Waals surface area contributed by atoms with Crippen molar-refractivity contribution in [2.24, 2.45) is 5.92 Å². The molecule has 1 aliphatic heterocycles. The minimum atomic E-state index is -0.243. The first kappa shape index (κ1) is 14.4. The lowest BCUT2D eigenvalue weighted by Gasteiger charge is -2.32. The van der Waals surface area contributed by atoms with Crippen LogP contribution in [0.5, 0.6) is 0 Å². The Hall–Kier alpha value is -1.24. The van der Waals surface area contributed by atoms with Crippen LogP contribution in [0, 0.1) is 5.92 Å². The number of fused-ring (bicyclic) bond motifs is 1. The monoisotopic (exact) mass is 363 g/mol. The van der Waals surface area contributed by atoms with E-state index >= 15 is 0 Å². The third-order valence-corrected chi connectivity index (χ3v) is 4.85. The summed E-state index contributed by atoms with van der Waals surface area (Å²) in [4.78, 5) is 18.9. The predicted octanol–water partition coefficient (Wildman–Crippen LogP) is 2.28. The number of ether oxygens (including phenoxy) is 1. The summed E-state index contributed by atoms with van der Waals surface area (Å²) in [5.74, 6) is 0.558. The van der Waals surface area contributed by atoms with Gasteiger partial charge in [-0.2, -0.15) is 0 Å². The predicted molar refractivity (Wildman–Crippen MR) is 85.6 cm³/mol. The molecule has 0 amide bonds. The van der Waals surface area contributed by atoms with Crippen molar-refractivity contribution < 1.29 is 9.53 Å². The maximum Gasteiger partial charge on any atom is 0.165 e. The van der Waals surface area contributed by atoms with Crippen LogP contribution in [0.2, 0.25) is 0 Å². The zero-order valence-corrected chi connectivity index (χ0v) is 13.8. The largest absolute Gasteiger partial charge is 0.368 e. The fraction of sp³-hybridized carbons (Fsp3) is 0.500. The van der Waals surface area contributed by atoms with Crippen molar-refractivity contribution in [3.05, 3.63) is 34.7 Å². The van der Waals surface area contributed by atoms with E-state index in [0.717, 1.165) is 41.7 Å². The topological polar surface area (TPSA) is 46.8 Å². The molecule has 1 saturated carbocycles. The van der Waals surface area contributed by atoms with E-state index in [2.05, 4.69) is 30.2 Å². The van der Waals surface area contributed by atoms with Gasteiger partial charge in [-0.1, -0.05) is 0 Å². The lowest BCUT2D eigenvalue weighted by molar-refractivity contribution is -0.137. The molecule has 0 bridgehead atoms. The molecule has 6 heteroatoms. The molecule has 1 unspecified atom stereocenters. The minimum absolute atomic E-state index is 0.243. The SMILES string of the molecule is O=C(C1CC1)C1CN(Cc2cnc3ccc(Br)cn23)CCO1. The molecule has 2 aromatic rings. The highest BCUT2D eigenvalue weighted by Gasteiger charge is 2.37. The van der Waals surface area contributed by atoms with Crippen LogP contribution >= 0.6 is 15.9 Å². The van der Waals surface area contributed by atoms with E-state index < -0.39 is 0 Å². The molecule has 2 fully saturated rings. The molecule has 3 heterocycles. The first-order chi connectivity index (χ1) is 10.7. The quantitative estimate of drug-likeness (QED) is 0.835. The van der Waals surface area contributed by atoms with E-state index in [1.165, 1.54) is 0 Å². The molecule has 0 radical (unpaired) electrons. The van der Waals surface area contributed by atoms with Gasteiger partial charge in [0.25, 0.3) is 0 Å². The van der Waals surface area contributed by atoms with Gasteiger partial charge in [0.1, 0.15) is 11.8 Å². The minimum Gasteiger partial charge on any atom is -0.368 e. The number of Topliss-reactive ketones (excluding diaryl/α,β-unsaturated/α-hetero) is 1. The van der Waals surface area contributed by atoms with Crippen molar-refractivity contribution in [2.45, 2.75) is 25.5 Å². The summed E-state index contributed by atoms with van der Waals surface area (Å²) >= 11 is 3.50. The second-order valence-electron chi connectivity index (χ2n) is 6.10. The van der Waals surface area contributed by atoms with Crippen LogP contribution in [0.3, 0.4) is 0 Å². The second kappa shape index (κ2) is 5.76. The van der Waals surface area contributed by atoms with Gasteiger partial charge in [-0.25, -0.2) is 4.98 Å². The number of hydrogen-bond donors (Lipinski definition) is 0. The van der Waals surface area contributed by atoms with Gasteiger partial charge in [0.15, 0.2) is 5.78 Å². The first-order valence-electron chi connectivity index (χ1n) is 7.70. The molecule has 1 saturated heterocycles. The van der Waals surface area contributed by atoms with Crippen LogP contribution in [0.25, 0.3) is 5.65 Å². The average Bonchev–Trinajstić information content (AvgIpc) is 3.31. The number of carbonyl (C=O) groups excluding carboxylic acids is 1. The van der Waals surface area contributed by atoms with Crippen LogP contribution in [0.15, 0.2) is 29.0 Å². The Morgan fingerprint density at radius 1 is 1.41 bits per heavy atom. The molecule has 116 valence electrons. The number of hydrogen-bond acceptors (Lipinski definition) is 4. The van der Waals surface area contributed by atoms with Crippen molar-refractivity contribution in [3.63, 3.8) is 0 Å². The highest BCUT2D eigenvalue weighted by Crippen LogP contribution is 2.32. The van der Waals surface area contributed by atoms with E-state index in [4.69, 9.17) is 4.74 Å². The number of nitrogens with zero attached hydrogens (tertiary/aromatic N) is 3.